The molecule has 0 bridgehead atoms. The number of aryl methyl sites for hydroxylation is 1. The Balaban J connectivity index is 1.64. The third kappa shape index (κ3) is 4.56. The second-order valence-electron chi connectivity index (χ2n) is 7.48. The fourth-order valence-corrected chi connectivity index (χ4v) is 3.71. The van der Waals surface area contributed by atoms with Crippen molar-refractivity contribution in [1.82, 2.24) is 14.5 Å². The van der Waals surface area contributed by atoms with E-state index in [0.29, 0.717) is 23.8 Å². The maximum atomic E-state index is 11.0. The molecule has 0 spiro atoms. The number of benzene rings is 2. The van der Waals surface area contributed by atoms with Crippen LogP contribution < -0.4 is 9.47 Å². The average Bonchev–Trinajstić information content (AvgIpc) is 3.14. The molecular formula is C25H25N3O4. The number of carbonyl (C=O) groups is 1. The Labute approximate surface area is 186 Å². The third-order valence-electron chi connectivity index (χ3n) is 5.32. The minimum atomic E-state index is -1.33. The van der Waals surface area contributed by atoms with Crippen molar-refractivity contribution in [3.8, 4) is 22.8 Å². The number of methoxy groups -OCH3 is 1. The van der Waals surface area contributed by atoms with Gasteiger partial charge in [0.2, 0.25) is 5.88 Å². The lowest BCUT2D eigenvalue weighted by atomic mass is 10.0. The van der Waals surface area contributed by atoms with Gasteiger partial charge in [-0.15, -0.1) is 0 Å². The number of unbranched alkanes of at least 4 members (excludes halogenated alkanes) is 1. The summed E-state index contributed by atoms with van der Waals surface area (Å²) >= 11 is 0. The molecule has 0 radical (unpaired) electrons. The molecule has 0 aliphatic rings. The highest BCUT2D eigenvalue weighted by Gasteiger charge is 2.14. The van der Waals surface area contributed by atoms with Crippen LogP contribution in [0.1, 0.15) is 31.2 Å². The van der Waals surface area contributed by atoms with Crippen LogP contribution >= 0.6 is 0 Å². The lowest BCUT2D eigenvalue weighted by Crippen LogP contribution is -2.06. The van der Waals surface area contributed by atoms with Crippen LogP contribution in [0.3, 0.4) is 0 Å². The third-order valence-corrected chi connectivity index (χ3v) is 5.32. The molecule has 7 nitrogen and oxygen atoms in total. The zero-order valence-corrected chi connectivity index (χ0v) is 18.1. The molecule has 0 aliphatic heterocycles. The van der Waals surface area contributed by atoms with E-state index < -0.39 is 6.16 Å². The predicted molar refractivity (Wildman–Crippen MR) is 122 cm³/mol. The van der Waals surface area contributed by atoms with Crippen molar-refractivity contribution in [3.05, 3.63) is 72.1 Å². The Hall–Kier alpha value is -3.87. The maximum absolute atomic E-state index is 11.0. The van der Waals surface area contributed by atoms with E-state index in [0.717, 1.165) is 47.3 Å². The molecule has 1 N–H and O–H groups in total. The number of aromatic nitrogens is 3. The minimum absolute atomic E-state index is 0.315. The minimum Gasteiger partial charge on any atom is -0.481 e. The molecule has 2 heterocycles. The van der Waals surface area contributed by atoms with Gasteiger partial charge in [0.1, 0.15) is 11.6 Å². The van der Waals surface area contributed by atoms with Crippen molar-refractivity contribution in [2.45, 2.75) is 32.7 Å². The first-order valence-corrected chi connectivity index (χ1v) is 10.6. The zero-order valence-electron chi connectivity index (χ0n) is 18.1. The van der Waals surface area contributed by atoms with Crippen LogP contribution in [0.4, 0.5) is 4.79 Å². The predicted octanol–water partition coefficient (Wildman–Crippen LogP) is 5.55. The quantitative estimate of drug-likeness (QED) is 0.291. The van der Waals surface area contributed by atoms with Crippen molar-refractivity contribution < 1.29 is 19.4 Å². The van der Waals surface area contributed by atoms with Crippen molar-refractivity contribution in [2.24, 2.45) is 0 Å². The second kappa shape index (κ2) is 9.51. The number of imidazole rings is 1. The van der Waals surface area contributed by atoms with Crippen LogP contribution in [0.5, 0.6) is 11.6 Å². The molecule has 0 atom stereocenters. The van der Waals surface area contributed by atoms with Crippen LogP contribution in [0.15, 0.2) is 60.7 Å². The number of para-hydroxylation sites is 1. The van der Waals surface area contributed by atoms with Gasteiger partial charge in [-0.1, -0.05) is 55.8 Å². The first-order valence-electron chi connectivity index (χ1n) is 10.6. The Bertz CT molecular complexity index is 1230. The van der Waals surface area contributed by atoms with E-state index >= 15 is 0 Å². The number of carboxylic acid groups (broad SMARTS) is 1. The number of pyridine rings is 1. The molecule has 0 saturated carbocycles. The van der Waals surface area contributed by atoms with Gasteiger partial charge in [-0.25, -0.2) is 9.78 Å². The first-order chi connectivity index (χ1) is 15.6. The Morgan fingerprint density at radius 3 is 2.53 bits per heavy atom. The normalized spacial score (nSPS) is 10.9. The first kappa shape index (κ1) is 21.4. The summed E-state index contributed by atoms with van der Waals surface area (Å²) in [6, 6.07) is 19.0. The van der Waals surface area contributed by atoms with Crippen LogP contribution in [0.25, 0.3) is 22.3 Å². The fourth-order valence-electron chi connectivity index (χ4n) is 3.71. The second-order valence-corrected chi connectivity index (χ2v) is 7.48. The van der Waals surface area contributed by atoms with Crippen molar-refractivity contribution in [3.63, 3.8) is 0 Å². The zero-order chi connectivity index (χ0) is 22.5. The summed E-state index contributed by atoms with van der Waals surface area (Å²) in [7, 11) is 1.60. The average molecular weight is 431 g/mol. The van der Waals surface area contributed by atoms with E-state index in [2.05, 4.69) is 16.5 Å². The van der Waals surface area contributed by atoms with Crippen LogP contribution in [-0.2, 0) is 13.0 Å². The van der Waals surface area contributed by atoms with Gasteiger partial charge in [-0.05, 0) is 29.7 Å². The van der Waals surface area contributed by atoms with Gasteiger partial charge >= 0.3 is 6.16 Å². The van der Waals surface area contributed by atoms with Gasteiger partial charge in [0.05, 0.1) is 12.6 Å². The molecule has 0 aliphatic carbocycles. The van der Waals surface area contributed by atoms with Crippen LogP contribution in [-0.4, -0.2) is 32.9 Å². The topological polar surface area (TPSA) is 86.5 Å². The molecule has 0 amide bonds. The van der Waals surface area contributed by atoms with E-state index in [-0.39, 0.29) is 0 Å². The standard InChI is InChI=1S/C25H25N3O4/c1-3-4-9-22-26-24-20(14-15-23(27-24)31-2)28(22)16-17-10-12-18(13-11-17)19-7-5-6-8-21(19)32-25(29)30/h5-8,10-15H,3-4,9,16H2,1-2H3,(H,29,30). The van der Waals surface area contributed by atoms with Gasteiger partial charge in [-0.3, -0.25) is 0 Å². The van der Waals surface area contributed by atoms with Crippen LogP contribution in [0, 0.1) is 0 Å². The molecule has 164 valence electrons. The molecule has 4 aromatic rings. The highest BCUT2D eigenvalue weighted by atomic mass is 16.7. The van der Waals surface area contributed by atoms with Crippen LogP contribution in [0.2, 0.25) is 0 Å². The van der Waals surface area contributed by atoms with E-state index in [1.807, 2.05) is 48.5 Å². The highest BCUT2D eigenvalue weighted by Crippen LogP contribution is 2.30. The number of nitrogens with zero attached hydrogens (tertiary/aromatic N) is 3. The summed E-state index contributed by atoms with van der Waals surface area (Å²) in [6.07, 6.45) is 1.70. The summed E-state index contributed by atoms with van der Waals surface area (Å²) in [5, 5.41) is 8.99. The van der Waals surface area contributed by atoms with Crippen molar-refractivity contribution in [2.75, 3.05) is 7.11 Å². The number of rotatable bonds is 8. The van der Waals surface area contributed by atoms with E-state index in [4.69, 9.17) is 19.6 Å². The van der Waals surface area contributed by atoms with Gasteiger partial charge in [0.25, 0.3) is 0 Å². The SMILES string of the molecule is CCCCc1nc2nc(OC)ccc2n1Cc1ccc(-c2ccccc2OC(=O)O)cc1. The lowest BCUT2D eigenvalue weighted by Gasteiger charge is -2.11. The summed E-state index contributed by atoms with van der Waals surface area (Å²) < 4.78 is 12.4. The molecule has 0 unspecified atom stereocenters. The number of fused-ring (bicyclic) bond motifs is 1. The summed E-state index contributed by atoms with van der Waals surface area (Å²) in [4.78, 5) is 20.2. The summed E-state index contributed by atoms with van der Waals surface area (Å²) in [6.45, 7) is 2.83. The molecule has 0 saturated heterocycles. The Kier molecular flexibility index (Phi) is 6.35. The number of hydrogen-bond acceptors (Lipinski definition) is 5. The molecule has 2 aromatic heterocycles. The van der Waals surface area contributed by atoms with E-state index in [1.165, 1.54) is 0 Å². The monoisotopic (exact) mass is 431 g/mol. The molecule has 4 rings (SSSR count). The highest BCUT2D eigenvalue weighted by molar-refractivity contribution is 5.75. The maximum Gasteiger partial charge on any atom is 0.511 e. The summed E-state index contributed by atoms with van der Waals surface area (Å²) in [5.41, 5.74) is 4.39. The van der Waals surface area contributed by atoms with Gasteiger partial charge in [0, 0.05) is 24.6 Å². The van der Waals surface area contributed by atoms with Crippen molar-refractivity contribution >= 4 is 17.3 Å². The molecule has 32 heavy (non-hydrogen) atoms. The van der Waals surface area contributed by atoms with E-state index in [9.17, 15) is 4.79 Å². The number of hydrogen-bond donors (Lipinski definition) is 1. The van der Waals surface area contributed by atoms with E-state index in [1.54, 1.807) is 19.2 Å². The molecule has 0 fully saturated rings. The molecular weight excluding hydrogens is 406 g/mol. The van der Waals surface area contributed by atoms with Gasteiger partial charge in [0.15, 0.2) is 5.65 Å². The molecule has 7 heteroatoms. The lowest BCUT2D eigenvalue weighted by molar-refractivity contribution is 0.144. The molecule has 2 aromatic carbocycles. The smallest absolute Gasteiger partial charge is 0.481 e. The number of ether oxygens (including phenoxy) is 2. The Morgan fingerprint density at radius 2 is 1.81 bits per heavy atom. The Morgan fingerprint density at radius 1 is 1.03 bits per heavy atom. The van der Waals surface area contributed by atoms with Crippen molar-refractivity contribution in [1.29, 1.82) is 0 Å². The largest absolute Gasteiger partial charge is 0.511 e. The van der Waals surface area contributed by atoms with Gasteiger partial charge < -0.3 is 19.1 Å². The van der Waals surface area contributed by atoms with Gasteiger partial charge in [-0.2, -0.15) is 4.98 Å². The summed E-state index contributed by atoms with van der Waals surface area (Å²) in [5.74, 6) is 1.87. The fraction of sp³-hybridized carbons (Fsp3) is 0.240.